The highest BCUT2D eigenvalue weighted by atomic mass is 79.9. The van der Waals surface area contributed by atoms with E-state index in [1.54, 1.807) is 30.3 Å². The maximum atomic E-state index is 9.04. The van der Waals surface area contributed by atoms with E-state index in [2.05, 4.69) is 26.1 Å². The molecule has 0 aliphatic heterocycles. The van der Waals surface area contributed by atoms with Crippen molar-refractivity contribution in [2.45, 2.75) is 6.61 Å². The molecule has 0 fully saturated rings. The van der Waals surface area contributed by atoms with Crippen LogP contribution in [0.1, 0.15) is 5.76 Å². The number of aliphatic hydroxyl groups is 1. The number of rotatable bonds is 3. The monoisotopic (exact) mass is 354 g/mol. The van der Waals surface area contributed by atoms with Crippen molar-refractivity contribution in [3.05, 3.63) is 45.6 Å². The third-order valence-corrected chi connectivity index (χ3v) is 3.46. The average Bonchev–Trinajstić information content (AvgIpc) is 3.06. The van der Waals surface area contributed by atoms with Crippen molar-refractivity contribution < 1.29 is 14.0 Å². The Morgan fingerprint density at radius 3 is 2.65 bits per heavy atom. The second-order valence-corrected chi connectivity index (χ2v) is 5.27. The summed E-state index contributed by atoms with van der Waals surface area (Å²) >= 11 is 9.15. The lowest BCUT2D eigenvalue weighted by atomic mass is 10.2. The lowest BCUT2D eigenvalue weighted by Gasteiger charge is -1.93. The highest BCUT2D eigenvalue weighted by Gasteiger charge is 2.18. The van der Waals surface area contributed by atoms with E-state index in [9.17, 15) is 0 Å². The lowest BCUT2D eigenvalue weighted by Crippen LogP contribution is -1.80. The molecule has 2 aromatic heterocycles. The SMILES string of the molecule is OCc1cc(Br)c(-c2nc(-c3ccc(Cl)cc3)no2)o1. The maximum Gasteiger partial charge on any atom is 0.295 e. The number of hydrogen-bond donors (Lipinski definition) is 1. The van der Waals surface area contributed by atoms with Crippen molar-refractivity contribution in [1.82, 2.24) is 10.1 Å². The standard InChI is InChI=1S/C13H8BrClN2O3/c14-10-5-9(6-18)19-11(10)13-16-12(17-20-13)7-1-3-8(15)4-2-7/h1-5,18H,6H2. The van der Waals surface area contributed by atoms with Gasteiger partial charge in [-0.2, -0.15) is 4.98 Å². The predicted octanol–water partition coefficient (Wildman–Crippen LogP) is 3.90. The Hall–Kier alpha value is -1.63. The zero-order chi connectivity index (χ0) is 14.1. The summed E-state index contributed by atoms with van der Waals surface area (Å²) in [6.07, 6.45) is 0. The van der Waals surface area contributed by atoms with E-state index in [0.29, 0.717) is 26.8 Å². The van der Waals surface area contributed by atoms with Crippen LogP contribution < -0.4 is 0 Å². The summed E-state index contributed by atoms with van der Waals surface area (Å²) in [5.74, 6) is 1.48. The van der Waals surface area contributed by atoms with Crippen molar-refractivity contribution in [1.29, 1.82) is 0 Å². The molecule has 1 aromatic carbocycles. The van der Waals surface area contributed by atoms with Gasteiger partial charge in [-0.1, -0.05) is 16.8 Å². The molecule has 5 nitrogen and oxygen atoms in total. The van der Waals surface area contributed by atoms with Crippen LogP contribution in [0.3, 0.4) is 0 Å². The van der Waals surface area contributed by atoms with Gasteiger partial charge in [0, 0.05) is 10.6 Å². The van der Waals surface area contributed by atoms with E-state index < -0.39 is 0 Å². The van der Waals surface area contributed by atoms with Crippen molar-refractivity contribution in [3.63, 3.8) is 0 Å². The van der Waals surface area contributed by atoms with Crippen LogP contribution in [0.15, 0.2) is 43.7 Å². The van der Waals surface area contributed by atoms with Crippen LogP contribution in [0.5, 0.6) is 0 Å². The van der Waals surface area contributed by atoms with E-state index in [1.807, 2.05) is 0 Å². The summed E-state index contributed by atoms with van der Waals surface area (Å²) in [6, 6.07) is 8.75. The average molecular weight is 356 g/mol. The van der Waals surface area contributed by atoms with Gasteiger partial charge in [-0.3, -0.25) is 0 Å². The maximum absolute atomic E-state index is 9.04. The van der Waals surface area contributed by atoms with Crippen LogP contribution in [0, 0.1) is 0 Å². The molecular weight excluding hydrogens is 348 g/mol. The first-order chi connectivity index (χ1) is 9.67. The summed E-state index contributed by atoms with van der Waals surface area (Å²) in [7, 11) is 0. The van der Waals surface area contributed by atoms with Gasteiger partial charge in [-0.15, -0.1) is 0 Å². The fourth-order valence-electron chi connectivity index (χ4n) is 1.67. The summed E-state index contributed by atoms with van der Waals surface area (Å²) < 4.78 is 11.2. The molecule has 3 rings (SSSR count). The van der Waals surface area contributed by atoms with Crippen molar-refractivity contribution in [2.75, 3.05) is 0 Å². The first-order valence-corrected chi connectivity index (χ1v) is 6.83. The normalized spacial score (nSPS) is 10.9. The fourth-order valence-corrected chi connectivity index (χ4v) is 2.30. The van der Waals surface area contributed by atoms with Crippen molar-refractivity contribution >= 4 is 27.5 Å². The molecule has 102 valence electrons. The molecule has 7 heteroatoms. The molecule has 0 unspecified atom stereocenters. The minimum atomic E-state index is -0.198. The molecular formula is C13H8BrClN2O3. The van der Waals surface area contributed by atoms with E-state index in [1.165, 1.54) is 0 Å². The van der Waals surface area contributed by atoms with Gasteiger partial charge in [-0.25, -0.2) is 0 Å². The van der Waals surface area contributed by atoms with Gasteiger partial charge in [0.1, 0.15) is 12.4 Å². The molecule has 0 aliphatic carbocycles. The zero-order valence-corrected chi connectivity index (χ0v) is 12.3. The Morgan fingerprint density at radius 2 is 2.00 bits per heavy atom. The second-order valence-electron chi connectivity index (χ2n) is 3.98. The number of nitrogens with zero attached hydrogens (tertiary/aromatic N) is 2. The second kappa shape index (κ2) is 5.40. The molecule has 0 aliphatic rings. The third-order valence-electron chi connectivity index (χ3n) is 2.62. The van der Waals surface area contributed by atoms with Gasteiger partial charge in [0.05, 0.1) is 4.47 Å². The van der Waals surface area contributed by atoms with E-state index >= 15 is 0 Å². The molecule has 0 atom stereocenters. The topological polar surface area (TPSA) is 72.3 Å². The largest absolute Gasteiger partial charge is 0.452 e. The van der Waals surface area contributed by atoms with Gasteiger partial charge < -0.3 is 14.0 Å². The van der Waals surface area contributed by atoms with E-state index in [0.717, 1.165) is 5.56 Å². The Morgan fingerprint density at radius 1 is 1.25 bits per heavy atom. The molecule has 0 bridgehead atoms. The summed E-state index contributed by atoms with van der Waals surface area (Å²) in [5.41, 5.74) is 0.787. The van der Waals surface area contributed by atoms with Crippen LogP contribution >= 0.6 is 27.5 Å². The number of aromatic nitrogens is 2. The Balaban J connectivity index is 1.97. The number of halogens is 2. The molecule has 0 saturated heterocycles. The van der Waals surface area contributed by atoms with Crippen molar-refractivity contribution in [3.8, 4) is 23.0 Å². The van der Waals surface area contributed by atoms with Crippen LogP contribution in [-0.2, 0) is 6.61 Å². The highest BCUT2D eigenvalue weighted by molar-refractivity contribution is 9.10. The molecule has 0 radical (unpaired) electrons. The Bertz CT molecular complexity index is 736. The summed E-state index contributed by atoms with van der Waals surface area (Å²) in [5, 5.41) is 13.6. The number of hydrogen-bond acceptors (Lipinski definition) is 5. The molecule has 3 aromatic rings. The summed E-state index contributed by atoms with van der Waals surface area (Å²) in [6.45, 7) is -0.198. The minimum Gasteiger partial charge on any atom is -0.452 e. The molecule has 0 saturated carbocycles. The molecule has 1 N–H and O–H groups in total. The van der Waals surface area contributed by atoms with Crippen LogP contribution in [0.2, 0.25) is 5.02 Å². The van der Waals surface area contributed by atoms with Crippen LogP contribution in [-0.4, -0.2) is 15.2 Å². The Labute approximate surface area is 127 Å². The fraction of sp³-hybridized carbons (Fsp3) is 0.0769. The van der Waals surface area contributed by atoms with Gasteiger partial charge in [0.15, 0.2) is 0 Å². The lowest BCUT2D eigenvalue weighted by molar-refractivity contribution is 0.247. The number of benzene rings is 1. The number of furan rings is 1. The quantitative estimate of drug-likeness (QED) is 0.771. The zero-order valence-electron chi connectivity index (χ0n) is 10.0. The third kappa shape index (κ3) is 2.49. The first-order valence-electron chi connectivity index (χ1n) is 5.66. The Kier molecular flexibility index (Phi) is 3.60. The van der Waals surface area contributed by atoms with E-state index in [4.69, 9.17) is 25.6 Å². The molecule has 0 amide bonds. The smallest absolute Gasteiger partial charge is 0.295 e. The van der Waals surface area contributed by atoms with Gasteiger partial charge in [0.25, 0.3) is 5.89 Å². The summed E-state index contributed by atoms with van der Waals surface area (Å²) in [4.78, 5) is 4.26. The van der Waals surface area contributed by atoms with Crippen molar-refractivity contribution in [2.24, 2.45) is 0 Å². The highest BCUT2D eigenvalue weighted by Crippen LogP contribution is 2.31. The minimum absolute atomic E-state index is 0.198. The van der Waals surface area contributed by atoms with E-state index in [-0.39, 0.29) is 12.5 Å². The first kappa shape index (κ1) is 13.4. The van der Waals surface area contributed by atoms with Crippen LogP contribution in [0.25, 0.3) is 23.0 Å². The molecule has 20 heavy (non-hydrogen) atoms. The predicted molar refractivity (Wildman–Crippen MR) is 76.1 cm³/mol. The number of aliphatic hydroxyl groups excluding tert-OH is 1. The van der Waals surface area contributed by atoms with Gasteiger partial charge in [-0.05, 0) is 46.3 Å². The van der Waals surface area contributed by atoms with Gasteiger partial charge in [0.2, 0.25) is 11.6 Å². The van der Waals surface area contributed by atoms with Gasteiger partial charge >= 0.3 is 0 Å². The molecule has 2 heterocycles. The molecule has 0 spiro atoms. The van der Waals surface area contributed by atoms with Crippen LogP contribution in [0.4, 0.5) is 0 Å².